The average Bonchev–Trinajstić information content (AvgIpc) is 2.40. The molecule has 0 radical (unpaired) electrons. The summed E-state index contributed by atoms with van der Waals surface area (Å²) in [7, 11) is 0. The van der Waals surface area contributed by atoms with E-state index in [0.717, 1.165) is 37.1 Å². The van der Waals surface area contributed by atoms with Crippen molar-refractivity contribution in [2.75, 3.05) is 13.1 Å². The van der Waals surface area contributed by atoms with Crippen LogP contribution < -0.4 is 11.1 Å². The van der Waals surface area contributed by atoms with Gasteiger partial charge in [0.1, 0.15) is 0 Å². The number of hydrogen-bond acceptors (Lipinski definition) is 2. The molecular formula is C17H30N2O. The fourth-order valence-electron chi connectivity index (χ4n) is 5.51. The van der Waals surface area contributed by atoms with Crippen molar-refractivity contribution < 1.29 is 4.79 Å². The maximum atomic E-state index is 12.2. The fraction of sp³-hybridized carbons (Fsp3) is 0.941. The summed E-state index contributed by atoms with van der Waals surface area (Å²) >= 11 is 0. The van der Waals surface area contributed by atoms with Gasteiger partial charge in [0.15, 0.2) is 0 Å². The van der Waals surface area contributed by atoms with Crippen LogP contribution in [0, 0.1) is 29.1 Å². The van der Waals surface area contributed by atoms with Gasteiger partial charge in [0, 0.05) is 12.5 Å². The van der Waals surface area contributed by atoms with Gasteiger partial charge in [-0.2, -0.15) is 0 Å². The van der Waals surface area contributed by atoms with Crippen LogP contribution in [0.2, 0.25) is 0 Å². The van der Waals surface area contributed by atoms with Gasteiger partial charge in [-0.1, -0.05) is 6.92 Å². The Morgan fingerprint density at radius 2 is 1.75 bits per heavy atom. The van der Waals surface area contributed by atoms with E-state index < -0.39 is 0 Å². The number of carbonyl (C=O) groups is 1. The Hall–Kier alpha value is -0.570. The Bertz CT molecular complexity index is 331. The van der Waals surface area contributed by atoms with E-state index in [0.29, 0.717) is 12.0 Å². The number of nitrogens with one attached hydrogen (secondary N) is 1. The first-order valence-electron chi connectivity index (χ1n) is 8.58. The number of carbonyl (C=O) groups excluding carboxylic acids is 1. The molecule has 20 heavy (non-hydrogen) atoms. The van der Waals surface area contributed by atoms with Gasteiger partial charge >= 0.3 is 0 Å². The van der Waals surface area contributed by atoms with Crippen LogP contribution >= 0.6 is 0 Å². The molecule has 0 saturated heterocycles. The Balaban J connectivity index is 1.52. The number of nitrogens with two attached hydrogens (primary N) is 1. The summed E-state index contributed by atoms with van der Waals surface area (Å²) in [5, 5.41) is 3.27. The molecule has 1 unspecified atom stereocenters. The average molecular weight is 278 g/mol. The van der Waals surface area contributed by atoms with Crippen LogP contribution in [0.4, 0.5) is 0 Å². The van der Waals surface area contributed by atoms with E-state index >= 15 is 0 Å². The van der Waals surface area contributed by atoms with E-state index in [4.69, 9.17) is 5.73 Å². The highest BCUT2D eigenvalue weighted by Crippen LogP contribution is 2.59. The third kappa shape index (κ3) is 2.88. The summed E-state index contributed by atoms with van der Waals surface area (Å²) in [5.41, 5.74) is 5.98. The van der Waals surface area contributed by atoms with Crippen LogP contribution in [0.15, 0.2) is 0 Å². The SMILES string of the molecule is CC(CCCN)C(=O)NCC12CC3CC(CC(C3)C1)C2. The number of amides is 1. The number of hydrogen-bond donors (Lipinski definition) is 2. The molecule has 0 aromatic carbocycles. The minimum absolute atomic E-state index is 0.118. The molecule has 4 saturated carbocycles. The minimum atomic E-state index is 0.118. The third-order valence-corrected chi connectivity index (χ3v) is 6.09. The molecule has 4 aliphatic carbocycles. The molecule has 0 heterocycles. The molecule has 1 amide bonds. The lowest BCUT2D eigenvalue weighted by Crippen LogP contribution is -2.51. The van der Waals surface area contributed by atoms with Crippen LogP contribution in [-0.2, 0) is 4.79 Å². The van der Waals surface area contributed by atoms with E-state index in [1.165, 1.54) is 38.5 Å². The van der Waals surface area contributed by atoms with Crippen LogP contribution in [0.25, 0.3) is 0 Å². The summed E-state index contributed by atoms with van der Waals surface area (Å²) in [4.78, 5) is 12.2. The topological polar surface area (TPSA) is 55.1 Å². The predicted octanol–water partition coefficient (Wildman–Crippen LogP) is 2.69. The van der Waals surface area contributed by atoms with Crippen molar-refractivity contribution in [1.82, 2.24) is 5.32 Å². The molecule has 1 atom stereocenters. The lowest BCUT2D eigenvalue weighted by molar-refractivity contribution is -0.126. The van der Waals surface area contributed by atoms with Crippen molar-refractivity contribution in [1.29, 1.82) is 0 Å². The zero-order valence-corrected chi connectivity index (χ0v) is 12.9. The molecule has 3 nitrogen and oxygen atoms in total. The van der Waals surface area contributed by atoms with Gasteiger partial charge in [-0.3, -0.25) is 4.79 Å². The molecule has 0 spiro atoms. The Kier molecular flexibility index (Phi) is 4.07. The largest absolute Gasteiger partial charge is 0.355 e. The molecule has 4 bridgehead atoms. The zero-order chi connectivity index (χ0) is 14.2. The first-order valence-corrected chi connectivity index (χ1v) is 8.58. The van der Waals surface area contributed by atoms with E-state index in [9.17, 15) is 4.79 Å². The monoisotopic (exact) mass is 278 g/mol. The molecule has 4 aliphatic rings. The van der Waals surface area contributed by atoms with Gasteiger partial charge in [0.05, 0.1) is 0 Å². The van der Waals surface area contributed by atoms with Gasteiger partial charge in [0.2, 0.25) is 5.91 Å². The smallest absolute Gasteiger partial charge is 0.222 e. The van der Waals surface area contributed by atoms with Crippen LogP contribution in [0.5, 0.6) is 0 Å². The van der Waals surface area contributed by atoms with Gasteiger partial charge in [-0.25, -0.2) is 0 Å². The summed E-state index contributed by atoms with van der Waals surface area (Å²) < 4.78 is 0. The highest BCUT2D eigenvalue weighted by molar-refractivity contribution is 5.78. The zero-order valence-electron chi connectivity index (χ0n) is 12.9. The van der Waals surface area contributed by atoms with Gasteiger partial charge < -0.3 is 11.1 Å². The summed E-state index contributed by atoms with van der Waals surface area (Å²) in [6.07, 6.45) is 10.4. The van der Waals surface area contributed by atoms with E-state index in [1.54, 1.807) is 0 Å². The summed E-state index contributed by atoms with van der Waals surface area (Å²) in [5.74, 6) is 3.26. The molecule has 114 valence electrons. The summed E-state index contributed by atoms with van der Waals surface area (Å²) in [6.45, 7) is 3.65. The van der Waals surface area contributed by atoms with E-state index in [2.05, 4.69) is 5.32 Å². The van der Waals surface area contributed by atoms with Gasteiger partial charge in [0.25, 0.3) is 0 Å². The molecular weight excluding hydrogens is 248 g/mol. The van der Waals surface area contributed by atoms with Crippen LogP contribution in [0.3, 0.4) is 0 Å². The highest BCUT2D eigenvalue weighted by atomic mass is 16.1. The second kappa shape index (κ2) is 5.67. The lowest BCUT2D eigenvalue weighted by atomic mass is 9.49. The maximum Gasteiger partial charge on any atom is 0.222 e. The first-order chi connectivity index (χ1) is 9.60. The Morgan fingerprint density at radius 3 is 2.25 bits per heavy atom. The lowest BCUT2D eigenvalue weighted by Gasteiger charge is -2.57. The van der Waals surface area contributed by atoms with Crippen molar-refractivity contribution in [3.63, 3.8) is 0 Å². The Labute approximate surface area is 123 Å². The van der Waals surface area contributed by atoms with Crippen LogP contribution in [0.1, 0.15) is 58.3 Å². The maximum absolute atomic E-state index is 12.2. The van der Waals surface area contributed by atoms with Crippen molar-refractivity contribution in [2.45, 2.75) is 58.3 Å². The quantitative estimate of drug-likeness (QED) is 0.785. The molecule has 0 aliphatic heterocycles. The van der Waals surface area contributed by atoms with E-state index in [1.807, 2.05) is 6.92 Å². The second-order valence-electron chi connectivity index (χ2n) is 7.97. The molecule has 0 aromatic heterocycles. The van der Waals surface area contributed by atoms with Crippen molar-refractivity contribution >= 4 is 5.91 Å². The summed E-state index contributed by atoms with van der Waals surface area (Å²) in [6, 6.07) is 0. The van der Waals surface area contributed by atoms with E-state index in [-0.39, 0.29) is 11.8 Å². The van der Waals surface area contributed by atoms with Gasteiger partial charge in [-0.15, -0.1) is 0 Å². The number of rotatable bonds is 6. The molecule has 4 rings (SSSR count). The van der Waals surface area contributed by atoms with Crippen molar-refractivity contribution in [3.05, 3.63) is 0 Å². The molecule has 4 fully saturated rings. The minimum Gasteiger partial charge on any atom is -0.355 e. The predicted molar refractivity (Wildman–Crippen MR) is 81.1 cm³/mol. The molecule has 3 N–H and O–H groups in total. The molecule has 0 aromatic rings. The van der Waals surface area contributed by atoms with Gasteiger partial charge in [-0.05, 0) is 81.1 Å². The fourth-order valence-corrected chi connectivity index (χ4v) is 5.51. The van der Waals surface area contributed by atoms with Crippen molar-refractivity contribution in [2.24, 2.45) is 34.8 Å². The highest BCUT2D eigenvalue weighted by Gasteiger charge is 2.50. The second-order valence-corrected chi connectivity index (χ2v) is 7.97. The standard InChI is InChI=1S/C17H30N2O/c1-12(3-2-4-18)16(20)19-11-17-8-13-5-14(9-17)7-15(6-13)10-17/h12-15H,2-11,18H2,1H3,(H,19,20). The van der Waals surface area contributed by atoms with Crippen LogP contribution in [-0.4, -0.2) is 19.0 Å². The third-order valence-electron chi connectivity index (χ3n) is 6.09. The molecule has 3 heteroatoms. The normalized spacial score (nSPS) is 39.8. The van der Waals surface area contributed by atoms with Crippen molar-refractivity contribution in [3.8, 4) is 0 Å². The first kappa shape index (κ1) is 14.4. The Morgan fingerprint density at radius 1 is 1.20 bits per heavy atom.